The van der Waals surface area contributed by atoms with Gasteiger partial charge in [0.1, 0.15) is 12.4 Å². The average Bonchev–Trinajstić information content (AvgIpc) is 2.79. The van der Waals surface area contributed by atoms with Crippen LogP contribution in [0.5, 0.6) is 5.75 Å². The maximum absolute atomic E-state index is 13.3. The number of rotatable bonds is 1. The van der Waals surface area contributed by atoms with Crippen LogP contribution in [0.3, 0.4) is 0 Å². The molecular weight excluding hydrogens is 380 g/mol. The van der Waals surface area contributed by atoms with Gasteiger partial charge in [-0.25, -0.2) is 0 Å². The molecule has 3 aliphatic rings. The van der Waals surface area contributed by atoms with Crippen molar-refractivity contribution in [1.82, 2.24) is 10.2 Å². The van der Waals surface area contributed by atoms with Crippen LogP contribution in [-0.2, 0) is 20.7 Å². The van der Waals surface area contributed by atoms with Crippen LogP contribution in [0, 0.1) is 11.3 Å². The number of carbonyl (C=O) groups excluding carboxylic acids is 2. The molecule has 1 spiro atoms. The zero-order chi connectivity index (χ0) is 20.8. The van der Waals surface area contributed by atoms with E-state index in [9.17, 15) is 9.59 Å². The van der Waals surface area contributed by atoms with Crippen molar-refractivity contribution in [2.45, 2.75) is 51.4 Å². The Balaban J connectivity index is 1.45. The lowest BCUT2D eigenvalue weighted by atomic mass is 9.74. The summed E-state index contributed by atoms with van der Waals surface area (Å²) in [5.74, 6) is 1.28. The highest BCUT2D eigenvalue weighted by molar-refractivity contribution is 5.85. The number of amides is 2. The molecule has 6 heteroatoms. The summed E-state index contributed by atoms with van der Waals surface area (Å²) in [4.78, 5) is 28.4. The molecule has 2 amide bonds. The first-order valence-electron chi connectivity index (χ1n) is 11.5. The van der Waals surface area contributed by atoms with Crippen LogP contribution in [0.25, 0.3) is 0 Å². The molecule has 0 aromatic heterocycles. The normalized spacial score (nSPS) is 26.7. The minimum atomic E-state index is -0.474. The van der Waals surface area contributed by atoms with Gasteiger partial charge in [-0.3, -0.25) is 9.59 Å². The number of hydrogen-bond acceptors (Lipinski definition) is 4. The van der Waals surface area contributed by atoms with Gasteiger partial charge in [-0.15, -0.1) is 0 Å². The summed E-state index contributed by atoms with van der Waals surface area (Å²) >= 11 is 0. The van der Waals surface area contributed by atoms with E-state index in [4.69, 9.17) is 9.47 Å². The van der Waals surface area contributed by atoms with Crippen LogP contribution < -0.4 is 10.1 Å². The summed E-state index contributed by atoms with van der Waals surface area (Å²) in [7, 11) is 0. The Morgan fingerprint density at radius 3 is 2.73 bits per heavy atom. The molecule has 0 bridgehead atoms. The summed E-state index contributed by atoms with van der Waals surface area (Å²) < 4.78 is 11.4. The van der Waals surface area contributed by atoms with Crippen LogP contribution in [0.2, 0.25) is 0 Å². The maximum atomic E-state index is 13.3. The highest BCUT2D eigenvalue weighted by Gasteiger charge is 2.43. The first-order chi connectivity index (χ1) is 14.7. The average molecular weight is 415 g/mol. The van der Waals surface area contributed by atoms with Gasteiger partial charge in [-0.1, -0.05) is 24.6 Å². The Bertz CT molecular complexity index is 746. The maximum Gasteiger partial charge on any atom is 0.228 e. The van der Waals surface area contributed by atoms with E-state index in [1.54, 1.807) is 0 Å². The SMILES string of the molecule is O=C(C1CCOCC1)N1CCCC2(CCCCc3ccccc3OCCNC2=O)C1. The molecule has 1 atom stereocenters. The molecule has 0 radical (unpaired) electrons. The quantitative estimate of drug-likeness (QED) is 0.767. The number of aryl methyl sites for hydroxylation is 1. The van der Waals surface area contributed by atoms with E-state index >= 15 is 0 Å². The van der Waals surface area contributed by atoms with Crippen LogP contribution in [0.15, 0.2) is 24.3 Å². The first-order valence-corrected chi connectivity index (χ1v) is 11.5. The number of nitrogens with zero attached hydrogens (tertiary/aromatic N) is 1. The zero-order valence-corrected chi connectivity index (χ0v) is 17.9. The van der Waals surface area contributed by atoms with Crippen molar-refractivity contribution in [3.8, 4) is 5.75 Å². The van der Waals surface area contributed by atoms with E-state index in [2.05, 4.69) is 17.4 Å². The van der Waals surface area contributed by atoms with E-state index in [0.717, 1.165) is 63.7 Å². The Morgan fingerprint density at radius 2 is 1.87 bits per heavy atom. The molecule has 1 aromatic carbocycles. The smallest absolute Gasteiger partial charge is 0.228 e. The van der Waals surface area contributed by atoms with Crippen LogP contribution in [-0.4, -0.2) is 56.2 Å². The predicted octanol–water partition coefficient (Wildman–Crippen LogP) is 2.94. The lowest BCUT2D eigenvalue weighted by Gasteiger charge is -2.43. The fraction of sp³-hybridized carbons (Fsp3) is 0.667. The Labute approximate surface area is 179 Å². The number of nitrogens with one attached hydrogen (secondary N) is 1. The summed E-state index contributed by atoms with van der Waals surface area (Å²) in [6.07, 6.45) is 7.12. The lowest BCUT2D eigenvalue weighted by molar-refractivity contribution is -0.146. The van der Waals surface area contributed by atoms with Gasteiger partial charge in [0.05, 0.1) is 12.0 Å². The van der Waals surface area contributed by atoms with Gasteiger partial charge in [-0.05, 0) is 56.6 Å². The van der Waals surface area contributed by atoms with E-state index in [1.807, 2.05) is 17.0 Å². The largest absolute Gasteiger partial charge is 0.491 e. The standard InChI is InChI=1S/C24H34N2O4/c27-22(20-9-15-29-16-10-20)26-14-5-12-24(18-26)11-4-3-7-19-6-1-2-8-21(19)30-17-13-25-23(24)28/h1-2,6,8,20H,3-5,7,9-18H2,(H,25,28). The Kier molecular flexibility index (Phi) is 6.93. The van der Waals surface area contributed by atoms with Gasteiger partial charge < -0.3 is 19.7 Å². The number of ether oxygens (including phenoxy) is 2. The van der Waals surface area contributed by atoms with Crippen molar-refractivity contribution in [2.75, 3.05) is 39.5 Å². The number of carbonyl (C=O) groups is 2. The number of piperidine rings is 1. The van der Waals surface area contributed by atoms with Crippen LogP contribution >= 0.6 is 0 Å². The minimum absolute atomic E-state index is 0.0492. The highest BCUT2D eigenvalue weighted by Crippen LogP contribution is 2.37. The Hall–Kier alpha value is -2.08. The molecular formula is C24H34N2O4. The van der Waals surface area contributed by atoms with Gasteiger partial charge in [0, 0.05) is 32.2 Å². The monoisotopic (exact) mass is 414 g/mol. The summed E-state index contributed by atoms with van der Waals surface area (Å²) in [6.45, 7) is 3.59. The third kappa shape index (κ3) is 4.80. The molecule has 1 unspecified atom stereocenters. The molecule has 30 heavy (non-hydrogen) atoms. The van der Waals surface area contributed by atoms with Crippen molar-refractivity contribution in [1.29, 1.82) is 0 Å². The number of para-hydroxylation sites is 1. The summed E-state index contributed by atoms with van der Waals surface area (Å²) in [5.41, 5.74) is 0.760. The van der Waals surface area contributed by atoms with Crippen molar-refractivity contribution in [3.63, 3.8) is 0 Å². The van der Waals surface area contributed by atoms with Gasteiger partial charge in [0.15, 0.2) is 0 Å². The molecule has 2 saturated heterocycles. The fourth-order valence-electron chi connectivity index (χ4n) is 5.17. The molecule has 3 heterocycles. The third-order valence-corrected chi connectivity index (χ3v) is 6.91. The number of likely N-dealkylation sites (tertiary alicyclic amines) is 1. The molecule has 2 fully saturated rings. The van der Waals surface area contributed by atoms with Gasteiger partial charge >= 0.3 is 0 Å². The second kappa shape index (κ2) is 9.82. The van der Waals surface area contributed by atoms with Crippen molar-refractivity contribution in [3.05, 3.63) is 29.8 Å². The highest BCUT2D eigenvalue weighted by atomic mass is 16.5. The zero-order valence-electron chi connectivity index (χ0n) is 17.9. The second-order valence-electron chi connectivity index (χ2n) is 8.95. The number of benzene rings is 1. The molecule has 0 saturated carbocycles. The van der Waals surface area contributed by atoms with E-state index in [0.29, 0.717) is 32.9 Å². The predicted molar refractivity (Wildman–Crippen MR) is 114 cm³/mol. The molecule has 3 aliphatic heterocycles. The Morgan fingerprint density at radius 1 is 1.07 bits per heavy atom. The van der Waals surface area contributed by atoms with E-state index < -0.39 is 5.41 Å². The summed E-state index contributed by atoms with van der Waals surface area (Å²) in [6, 6.07) is 8.18. The molecule has 1 aromatic rings. The third-order valence-electron chi connectivity index (χ3n) is 6.91. The van der Waals surface area contributed by atoms with Crippen molar-refractivity contribution in [2.24, 2.45) is 11.3 Å². The first kappa shape index (κ1) is 21.2. The minimum Gasteiger partial charge on any atom is -0.491 e. The second-order valence-corrected chi connectivity index (χ2v) is 8.95. The molecule has 164 valence electrons. The molecule has 1 N–H and O–H groups in total. The van der Waals surface area contributed by atoms with Crippen LogP contribution in [0.1, 0.15) is 50.5 Å². The van der Waals surface area contributed by atoms with Gasteiger partial charge in [-0.2, -0.15) is 0 Å². The van der Waals surface area contributed by atoms with Crippen molar-refractivity contribution >= 4 is 11.8 Å². The number of hydrogen-bond donors (Lipinski definition) is 1. The van der Waals surface area contributed by atoms with Gasteiger partial charge in [0.2, 0.25) is 11.8 Å². The van der Waals surface area contributed by atoms with Crippen LogP contribution in [0.4, 0.5) is 0 Å². The topological polar surface area (TPSA) is 67.9 Å². The molecule has 0 aliphatic carbocycles. The van der Waals surface area contributed by atoms with Crippen molar-refractivity contribution < 1.29 is 19.1 Å². The van der Waals surface area contributed by atoms with Gasteiger partial charge in [0.25, 0.3) is 0 Å². The molecule has 4 rings (SSSR count). The summed E-state index contributed by atoms with van der Waals surface area (Å²) in [5, 5.41) is 3.11. The lowest BCUT2D eigenvalue weighted by Crippen LogP contribution is -2.55. The fourth-order valence-corrected chi connectivity index (χ4v) is 5.17. The van der Waals surface area contributed by atoms with E-state index in [-0.39, 0.29) is 17.7 Å². The number of fused-ring (bicyclic) bond motifs is 1. The van der Waals surface area contributed by atoms with E-state index in [1.165, 1.54) is 5.56 Å². The molecule has 6 nitrogen and oxygen atoms in total.